The summed E-state index contributed by atoms with van der Waals surface area (Å²) in [5.41, 5.74) is 5.34. The molecule has 0 aliphatic carbocycles. The molecule has 9 nitrogen and oxygen atoms in total. The van der Waals surface area contributed by atoms with Gasteiger partial charge in [0.1, 0.15) is 0 Å². The summed E-state index contributed by atoms with van der Waals surface area (Å²) in [6.07, 6.45) is 1.81. The lowest BCUT2D eigenvalue weighted by Crippen LogP contribution is -2.48. The average molecular weight is 478 g/mol. The van der Waals surface area contributed by atoms with E-state index in [1.807, 2.05) is 59.9 Å². The zero-order valence-corrected chi connectivity index (χ0v) is 21.0. The molecule has 4 rings (SSSR count). The fourth-order valence-electron chi connectivity index (χ4n) is 4.51. The van der Waals surface area contributed by atoms with E-state index >= 15 is 0 Å². The molecule has 1 aliphatic heterocycles. The summed E-state index contributed by atoms with van der Waals surface area (Å²) in [5.74, 6) is -0.179. The third-order valence-electron chi connectivity index (χ3n) is 6.55. The van der Waals surface area contributed by atoms with Crippen LogP contribution in [0.5, 0.6) is 0 Å². The van der Waals surface area contributed by atoms with Gasteiger partial charge in [-0.25, -0.2) is 5.01 Å². The van der Waals surface area contributed by atoms with Crippen LogP contribution in [0.25, 0.3) is 10.9 Å². The van der Waals surface area contributed by atoms with E-state index in [0.29, 0.717) is 26.2 Å². The quantitative estimate of drug-likeness (QED) is 0.433. The first-order valence-electron chi connectivity index (χ1n) is 12.1. The van der Waals surface area contributed by atoms with Gasteiger partial charge < -0.3 is 15.5 Å². The highest BCUT2D eigenvalue weighted by Crippen LogP contribution is 2.27. The van der Waals surface area contributed by atoms with Crippen molar-refractivity contribution < 1.29 is 9.59 Å². The van der Waals surface area contributed by atoms with Crippen LogP contribution in [0.3, 0.4) is 0 Å². The van der Waals surface area contributed by atoms with Crippen molar-refractivity contribution in [3.05, 3.63) is 59.3 Å². The molecule has 2 N–H and O–H groups in total. The molecule has 35 heavy (non-hydrogen) atoms. The van der Waals surface area contributed by atoms with Crippen LogP contribution in [-0.4, -0.2) is 71.4 Å². The standard InChI is InChI=1S/C26H35N7O2/c1-5-27-10-11-28-25(34)17-32(23-13-22-14-29-30(3)24(22)12-19(23)2)18-26(35)31(4)33-15-20-8-6-7-9-21(20)16-33/h6-9,12-14,27H,5,10-11,15-18H2,1-4H3,(H,28,34). The van der Waals surface area contributed by atoms with Crippen LogP contribution in [0.2, 0.25) is 0 Å². The first kappa shape index (κ1) is 24.7. The number of carbonyl (C=O) groups is 2. The Bertz CT molecular complexity index is 1180. The molecule has 0 bridgehead atoms. The number of nitrogens with one attached hydrogen (secondary N) is 2. The Balaban J connectivity index is 1.52. The second-order valence-electron chi connectivity index (χ2n) is 9.03. The van der Waals surface area contributed by atoms with Crippen molar-refractivity contribution >= 4 is 28.4 Å². The Kier molecular flexibility index (Phi) is 7.67. The zero-order chi connectivity index (χ0) is 24.9. The molecule has 186 valence electrons. The van der Waals surface area contributed by atoms with Crippen molar-refractivity contribution in [2.24, 2.45) is 7.05 Å². The van der Waals surface area contributed by atoms with Crippen LogP contribution in [0.1, 0.15) is 23.6 Å². The maximum atomic E-state index is 13.4. The second kappa shape index (κ2) is 10.9. The van der Waals surface area contributed by atoms with Crippen molar-refractivity contribution in [1.29, 1.82) is 0 Å². The summed E-state index contributed by atoms with van der Waals surface area (Å²) in [6, 6.07) is 12.3. The predicted molar refractivity (Wildman–Crippen MR) is 138 cm³/mol. The Labute approximate surface area is 206 Å². The van der Waals surface area contributed by atoms with Crippen LogP contribution in [0, 0.1) is 6.92 Å². The summed E-state index contributed by atoms with van der Waals surface area (Å²) in [5, 5.41) is 15.2. The van der Waals surface area contributed by atoms with Crippen LogP contribution >= 0.6 is 0 Å². The third kappa shape index (κ3) is 5.63. The van der Waals surface area contributed by atoms with E-state index in [1.165, 1.54) is 11.1 Å². The highest BCUT2D eigenvalue weighted by atomic mass is 16.2. The molecule has 0 spiro atoms. The van der Waals surface area contributed by atoms with Gasteiger partial charge in [0.2, 0.25) is 5.91 Å². The molecule has 9 heteroatoms. The number of anilines is 1. The molecule has 0 atom stereocenters. The van der Waals surface area contributed by atoms with Gasteiger partial charge in [-0.1, -0.05) is 31.2 Å². The smallest absolute Gasteiger partial charge is 0.256 e. The summed E-state index contributed by atoms with van der Waals surface area (Å²) in [7, 11) is 3.71. The number of fused-ring (bicyclic) bond motifs is 2. The van der Waals surface area contributed by atoms with Crippen molar-refractivity contribution in [1.82, 2.24) is 30.4 Å². The molecule has 0 saturated carbocycles. The number of likely N-dealkylation sites (N-methyl/N-ethyl adjacent to an activating group) is 2. The monoisotopic (exact) mass is 477 g/mol. The SMILES string of the molecule is CCNCCNC(=O)CN(CC(=O)N(C)N1Cc2ccccc2C1)c1cc2cnn(C)c2cc1C. The molecule has 2 aromatic carbocycles. The van der Waals surface area contributed by atoms with E-state index in [0.717, 1.165) is 28.7 Å². The minimum atomic E-state index is -0.113. The van der Waals surface area contributed by atoms with Gasteiger partial charge in [0, 0.05) is 51.3 Å². The van der Waals surface area contributed by atoms with E-state index in [2.05, 4.69) is 33.9 Å². The van der Waals surface area contributed by atoms with Gasteiger partial charge in [-0.2, -0.15) is 5.10 Å². The van der Waals surface area contributed by atoms with Gasteiger partial charge in [-0.3, -0.25) is 19.3 Å². The first-order valence-corrected chi connectivity index (χ1v) is 12.1. The highest BCUT2D eigenvalue weighted by Gasteiger charge is 2.27. The van der Waals surface area contributed by atoms with E-state index < -0.39 is 0 Å². The molecule has 2 heterocycles. The number of aryl methyl sites for hydroxylation is 2. The van der Waals surface area contributed by atoms with Gasteiger partial charge in [-0.05, 0) is 42.3 Å². The van der Waals surface area contributed by atoms with Crippen molar-refractivity contribution in [2.75, 3.05) is 44.7 Å². The number of amides is 2. The Morgan fingerprint density at radius 1 is 1.09 bits per heavy atom. The topological polar surface area (TPSA) is 85.7 Å². The molecule has 0 radical (unpaired) electrons. The molecular formula is C26H35N7O2. The zero-order valence-electron chi connectivity index (χ0n) is 21.0. The molecule has 0 unspecified atom stereocenters. The fourth-order valence-corrected chi connectivity index (χ4v) is 4.51. The Morgan fingerprint density at radius 3 is 2.49 bits per heavy atom. The van der Waals surface area contributed by atoms with Crippen molar-refractivity contribution in [3.8, 4) is 0 Å². The number of aromatic nitrogens is 2. The number of nitrogens with zero attached hydrogens (tertiary/aromatic N) is 5. The number of hydrogen-bond acceptors (Lipinski definition) is 6. The van der Waals surface area contributed by atoms with Gasteiger partial charge in [0.15, 0.2) is 0 Å². The molecule has 1 aliphatic rings. The van der Waals surface area contributed by atoms with Gasteiger partial charge >= 0.3 is 0 Å². The molecule has 1 aromatic heterocycles. The van der Waals surface area contributed by atoms with Crippen LogP contribution in [0.15, 0.2) is 42.6 Å². The maximum Gasteiger partial charge on any atom is 0.256 e. The van der Waals surface area contributed by atoms with Crippen LogP contribution in [-0.2, 0) is 29.7 Å². The van der Waals surface area contributed by atoms with Crippen LogP contribution < -0.4 is 15.5 Å². The summed E-state index contributed by atoms with van der Waals surface area (Å²) in [4.78, 5) is 28.1. The highest BCUT2D eigenvalue weighted by molar-refractivity contribution is 5.90. The lowest BCUT2D eigenvalue weighted by atomic mass is 10.1. The first-order chi connectivity index (χ1) is 16.9. The van der Waals surface area contributed by atoms with Crippen molar-refractivity contribution in [3.63, 3.8) is 0 Å². The van der Waals surface area contributed by atoms with E-state index in [4.69, 9.17) is 0 Å². The van der Waals surface area contributed by atoms with E-state index in [1.54, 1.807) is 12.1 Å². The minimum absolute atomic E-state index is 0.0658. The summed E-state index contributed by atoms with van der Waals surface area (Å²) >= 11 is 0. The van der Waals surface area contributed by atoms with E-state index in [9.17, 15) is 9.59 Å². The lowest BCUT2D eigenvalue weighted by molar-refractivity contribution is -0.145. The molecule has 0 fully saturated rings. The fraction of sp³-hybridized carbons (Fsp3) is 0.423. The average Bonchev–Trinajstić information content (AvgIpc) is 3.44. The maximum absolute atomic E-state index is 13.4. The van der Waals surface area contributed by atoms with Gasteiger partial charge in [0.05, 0.1) is 24.8 Å². The van der Waals surface area contributed by atoms with Gasteiger partial charge in [0.25, 0.3) is 5.91 Å². The number of hydrogen-bond donors (Lipinski definition) is 2. The molecule has 0 saturated heterocycles. The third-order valence-corrected chi connectivity index (χ3v) is 6.55. The van der Waals surface area contributed by atoms with E-state index in [-0.39, 0.29) is 24.9 Å². The number of hydrazine groups is 1. The number of rotatable bonds is 10. The summed E-state index contributed by atoms with van der Waals surface area (Å²) < 4.78 is 1.83. The normalized spacial score (nSPS) is 13.1. The predicted octanol–water partition coefficient (Wildman–Crippen LogP) is 1.80. The Morgan fingerprint density at radius 2 is 1.80 bits per heavy atom. The van der Waals surface area contributed by atoms with Gasteiger partial charge in [-0.15, -0.1) is 0 Å². The van der Waals surface area contributed by atoms with Crippen LogP contribution in [0.4, 0.5) is 5.69 Å². The minimum Gasteiger partial charge on any atom is -0.353 e. The molecule has 3 aromatic rings. The molecular weight excluding hydrogens is 442 g/mol. The Hall–Kier alpha value is -3.43. The summed E-state index contributed by atoms with van der Waals surface area (Å²) in [6.45, 7) is 7.73. The largest absolute Gasteiger partial charge is 0.353 e. The lowest BCUT2D eigenvalue weighted by Gasteiger charge is -2.32. The number of carbonyl (C=O) groups excluding carboxylic acids is 2. The second-order valence-corrected chi connectivity index (χ2v) is 9.03. The van der Waals surface area contributed by atoms with Crippen molar-refractivity contribution in [2.45, 2.75) is 26.9 Å². The number of benzene rings is 2. The molecule has 2 amide bonds.